The first-order chi connectivity index (χ1) is 13.0. The maximum atomic E-state index is 13.0. The molecule has 8 heteroatoms. The normalized spacial score (nSPS) is 28.6. The van der Waals surface area contributed by atoms with E-state index in [-0.39, 0.29) is 49.8 Å². The average molecular weight is 377 g/mol. The first-order valence-corrected chi connectivity index (χ1v) is 9.28. The molecular weight excluding hydrogens is 350 g/mol. The van der Waals surface area contributed by atoms with Gasteiger partial charge in [0.25, 0.3) is 5.91 Å². The maximum Gasteiger partial charge on any atom is 0.254 e. The fraction of sp³-hybridized carbons (Fsp3) is 0.632. The van der Waals surface area contributed by atoms with Crippen LogP contribution in [0.5, 0.6) is 0 Å². The van der Waals surface area contributed by atoms with E-state index < -0.39 is 6.10 Å². The van der Waals surface area contributed by atoms with E-state index in [2.05, 4.69) is 4.98 Å². The number of carbonyl (C=O) groups excluding carboxylic acids is 2. The van der Waals surface area contributed by atoms with Crippen LogP contribution in [0.4, 0.5) is 0 Å². The van der Waals surface area contributed by atoms with Crippen molar-refractivity contribution in [1.29, 1.82) is 0 Å². The third-order valence-corrected chi connectivity index (χ3v) is 5.07. The van der Waals surface area contributed by atoms with Crippen molar-refractivity contribution in [2.45, 2.75) is 43.6 Å². The molecule has 3 heterocycles. The summed E-state index contributed by atoms with van der Waals surface area (Å²) in [6.07, 6.45) is 3.59. The first-order valence-electron chi connectivity index (χ1n) is 9.28. The number of aliphatic hydroxyl groups excluding tert-OH is 1. The molecule has 0 saturated carbocycles. The van der Waals surface area contributed by atoms with E-state index in [9.17, 15) is 14.7 Å². The predicted molar refractivity (Wildman–Crippen MR) is 97.1 cm³/mol. The van der Waals surface area contributed by atoms with Gasteiger partial charge >= 0.3 is 0 Å². The zero-order chi connectivity index (χ0) is 19.4. The molecule has 2 amide bonds. The summed E-state index contributed by atoms with van der Waals surface area (Å²) in [5, 5.41) is 10.2. The molecule has 148 valence electrons. The molecule has 0 aromatic carbocycles. The number of rotatable bonds is 3. The van der Waals surface area contributed by atoms with Crippen molar-refractivity contribution in [3.05, 3.63) is 30.1 Å². The van der Waals surface area contributed by atoms with Crippen LogP contribution in [-0.4, -0.2) is 89.9 Å². The molecule has 2 saturated heterocycles. The fourth-order valence-corrected chi connectivity index (χ4v) is 3.61. The van der Waals surface area contributed by atoms with Gasteiger partial charge in [0.05, 0.1) is 37.9 Å². The Morgan fingerprint density at radius 1 is 1.26 bits per heavy atom. The summed E-state index contributed by atoms with van der Waals surface area (Å²) in [7, 11) is 3.45. The highest BCUT2D eigenvalue weighted by atomic mass is 16.5. The Kier molecular flexibility index (Phi) is 6.41. The van der Waals surface area contributed by atoms with Crippen LogP contribution in [0.2, 0.25) is 0 Å². The second-order valence-electron chi connectivity index (χ2n) is 7.32. The highest BCUT2D eigenvalue weighted by Crippen LogP contribution is 2.29. The second kappa shape index (κ2) is 8.77. The van der Waals surface area contributed by atoms with E-state index in [4.69, 9.17) is 9.47 Å². The molecule has 1 aromatic heterocycles. The average Bonchev–Trinajstić information content (AvgIpc) is 2.65. The summed E-state index contributed by atoms with van der Waals surface area (Å²) in [5.41, 5.74) is 0.530. The number of carbonyl (C=O) groups is 2. The van der Waals surface area contributed by atoms with Crippen LogP contribution < -0.4 is 0 Å². The number of nitrogens with zero attached hydrogens (tertiary/aromatic N) is 3. The second-order valence-corrected chi connectivity index (χ2v) is 7.32. The summed E-state index contributed by atoms with van der Waals surface area (Å²) >= 11 is 0. The SMILES string of the molecule is CN(C)C(=O)C[C@@H]1CC[C@@H]2[C@H](COC[C@@H](O)CN2C(=O)c2ccncc2)O1. The minimum absolute atomic E-state index is 0.0188. The lowest BCUT2D eigenvalue weighted by Gasteiger charge is -2.44. The quantitative estimate of drug-likeness (QED) is 0.815. The highest BCUT2D eigenvalue weighted by molar-refractivity contribution is 5.94. The number of aromatic nitrogens is 1. The molecule has 3 rings (SSSR count). The largest absolute Gasteiger partial charge is 0.389 e. The van der Waals surface area contributed by atoms with E-state index in [0.29, 0.717) is 24.8 Å². The van der Waals surface area contributed by atoms with Crippen molar-refractivity contribution < 1.29 is 24.2 Å². The Morgan fingerprint density at radius 3 is 2.70 bits per heavy atom. The molecular formula is C19H27N3O5. The van der Waals surface area contributed by atoms with Gasteiger partial charge in [-0.3, -0.25) is 14.6 Å². The van der Waals surface area contributed by atoms with Gasteiger partial charge in [0.1, 0.15) is 6.10 Å². The summed E-state index contributed by atoms with van der Waals surface area (Å²) in [4.78, 5) is 32.3. The van der Waals surface area contributed by atoms with Crippen molar-refractivity contribution in [3.63, 3.8) is 0 Å². The van der Waals surface area contributed by atoms with Crippen LogP contribution >= 0.6 is 0 Å². The van der Waals surface area contributed by atoms with Gasteiger partial charge < -0.3 is 24.4 Å². The molecule has 0 bridgehead atoms. The number of fused-ring (bicyclic) bond motifs is 1. The summed E-state index contributed by atoms with van der Waals surface area (Å²) < 4.78 is 11.7. The summed E-state index contributed by atoms with van der Waals surface area (Å²) in [6, 6.07) is 3.13. The maximum absolute atomic E-state index is 13.0. The van der Waals surface area contributed by atoms with Gasteiger partial charge in [-0.05, 0) is 25.0 Å². The molecule has 0 spiro atoms. The Bertz CT molecular complexity index is 654. The van der Waals surface area contributed by atoms with Crippen LogP contribution in [0.15, 0.2) is 24.5 Å². The van der Waals surface area contributed by atoms with Crippen molar-refractivity contribution in [3.8, 4) is 0 Å². The Labute approximate surface area is 159 Å². The van der Waals surface area contributed by atoms with Gasteiger partial charge in [-0.25, -0.2) is 0 Å². The van der Waals surface area contributed by atoms with Crippen molar-refractivity contribution >= 4 is 11.8 Å². The van der Waals surface area contributed by atoms with E-state index in [1.165, 1.54) is 0 Å². The van der Waals surface area contributed by atoms with Gasteiger partial charge in [-0.2, -0.15) is 0 Å². The fourth-order valence-electron chi connectivity index (χ4n) is 3.61. The monoisotopic (exact) mass is 377 g/mol. The summed E-state index contributed by atoms with van der Waals surface area (Å²) in [6.45, 7) is 0.621. The zero-order valence-corrected chi connectivity index (χ0v) is 15.8. The van der Waals surface area contributed by atoms with Crippen molar-refractivity contribution in [1.82, 2.24) is 14.8 Å². The predicted octanol–water partition coefficient (Wildman–Crippen LogP) is 0.309. The molecule has 4 atom stereocenters. The molecule has 2 aliphatic heterocycles. The molecule has 2 fully saturated rings. The Morgan fingerprint density at radius 2 is 2.00 bits per heavy atom. The van der Waals surface area contributed by atoms with Crippen LogP contribution in [0, 0.1) is 0 Å². The third kappa shape index (κ3) is 4.82. The first kappa shape index (κ1) is 19.7. The standard InChI is InChI=1S/C19H27N3O5/c1-21(2)18(24)9-15-3-4-16-17(27-15)12-26-11-14(23)10-22(16)19(25)13-5-7-20-8-6-13/h5-8,14-17,23H,3-4,9-12H2,1-2H3/t14-,15-,16+,17-/m0/s1. The highest BCUT2D eigenvalue weighted by Gasteiger charge is 2.40. The van der Waals surface area contributed by atoms with Crippen LogP contribution in [0.1, 0.15) is 29.6 Å². The van der Waals surface area contributed by atoms with Gasteiger partial charge in [0, 0.05) is 38.6 Å². The lowest BCUT2D eigenvalue weighted by molar-refractivity contribution is -0.154. The Hall–Kier alpha value is -2.03. The van der Waals surface area contributed by atoms with E-state index in [1.807, 2.05) is 0 Å². The van der Waals surface area contributed by atoms with Gasteiger partial charge in [-0.1, -0.05) is 0 Å². The number of aliphatic hydroxyl groups is 1. The van der Waals surface area contributed by atoms with Crippen molar-refractivity contribution in [2.75, 3.05) is 33.9 Å². The molecule has 8 nitrogen and oxygen atoms in total. The topological polar surface area (TPSA) is 92.2 Å². The number of β-amino-alcohol motifs (C(OH)–C–C–N with tert-alkyl or cyclic N) is 1. The van der Waals surface area contributed by atoms with Crippen LogP contribution in [0.25, 0.3) is 0 Å². The zero-order valence-electron chi connectivity index (χ0n) is 15.8. The molecule has 0 radical (unpaired) electrons. The Balaban J connectivity index is 1.76. The lowest BCUT2D eigenvalue weighted by Crippen LogP contribution is -2.57. The molecule has 1 N–H and O–H groups in total. The molecule has 27 heavy (non-hydrogen) atoms. The minimum atomic E-state index is -0.746. The lowest BCUT2D eigenvalue weighted by atomic mass is 9.94. The van der Waals surface area contributed by atoms with Gasteiger partial charge in [-0.15, -0.1) is 0 Å². The molecule has 0 aliphatic carbocycles. The number of hydrogen-bond donors (Lipinski definition) is 1. The number of hydrogen-bond acceptors (Lipinski definition) is 6. The number of amides is 2. The number of ether oxygens (including phenoxy) is 2. The van der Waals surface area contributed by atoms with E-state index in [0.717, 1.165) is 0 Å². The number of pyridine rings is 1. The van der Waals surface area contributed by atoms with E-state index >= 15 is 0 Å². The van der Waals surface area contributed by atoms with Crippen LogP contribution in [0.3, 0.4) is 0 Å². The molecule has 0 unspecified atom stereocenters. The van der Waals surface area contributed by atoms with Gasteiger partial charge in [0.15, 0.2) is 0 Å². The van der Waals surface area contributed by atoms with Crippen molar-refractivity contribution in [2.24, 2.45) is 0 Å². The minimum Gasteiger partial charge on any atom is -0.389 e. The molecule has 2 aliphatic rings. The third-order valence-electron chi connectivity index (χ3n) is 5.07. The smallest absolute Gasteiger partial charge is 0.254 e. The van der Waals surface area contributed by atoms with E-state index in [1.54, 1.807) is 48.4 Å². The van der Waals surface area contributed by atoms with Crippen LogP contribution in [-0.2, 0) is 14.3 Å². The summed E-state index contributed by atoms with van der Waals surface area (Å²) in [5.74, 6) is -0.134. The van der Waals surface area contributed by atoms with Gasteiger partial charge in [0.2, 0.25) is 5.91 Å². The molecule has 1 aromatic rings.